The molecule has 0 saturated heterocycles. The van der Waals surface area contributed by atoms with Crippen molar-refractivity contribution in [2.75, 3.05) is 27.9 Å². The maximum atomic E-state index is 14.6. The Bertz CT molecular complexity index is 1430. The molecule has 0 atom stereocenters. The maximum Gasteiger partial charge on any atom is 0.254 e. The number of amides is 1. The van der Waals surface area contributed by atoms with Gasteiger partial charge in [0.05, 0.1) is 23.3 Å². The van der Waals surface area contributed by atoms with Gasteiger partial charge in [-0.05, 0) is 30.3 Å². The number of halogens is 1. The van der Waals surface area contributed by atoms with Crippen LogP contribution in [0.25, 0.3) is 0 Å². The number of hydrazine groups is 1. The lowest BCUT2D eigenvalue weighted by Gasteiger charge is -2.22. The number of nitrogens with one attached hydrogen (secondary N) is 1. The zero-order valence-electron chi connectivity index (χ0n) is 20.1. The van der Waals surface area contributed by atoms with Crippen molar-refractivity contribution in [1.29, 1.82) is 0 Å². The Labute approximate surface area is 208 Å². The third kappa shape index (κ3) is 5.58. The minimum Gasteiger partial charge on any atom is -0.365 e. The molecule has 3 rings (SSSR count). The van der Waals surface area contributed by atoms with Crippen molar-refractivity contribution in [2.45, 2.75) is 13.8 Å². The molecular weight excluding hydrogens is 489 g/mol. The summed E-state index contributed by atoms with van der Waals surface area (Å²) in [7, 11) is -2.24. The SMILES string of the molecule is CC(C)C(=O)c1ccc(F)c(N(N)c2ncc(C(N)=O)c(Nc3ccccc3N(C)S(C)(=O)=O)n2)c1. The molecule has 0 unspecified atom stereocenters. The van der Waals surface area contributed by atoms with E-state index >= 15 is 0 Å². The fraction of sp³-hybridized carbons (Fsp3) is 0.217. The van der Waals surface area contributed by atoms with Crippen molar-refractivity contribution in [2.24, 2.45) is 17.5 Å². The number of benzene rings is 2. The average Bonchev–Trinajstić information content (AvgIpc) is 2.82. The Balaban J connectivity index is 2.08. The lowest BCUT2D eigenvalue weighted by molar-refractivity contribution is 0.0938. The van der Waals surface area contributed by atoms with Crippen molar-refractivity contribution >= 4 is 50.5 Å². The molecule has 0 aliphatic rings. The summed E-state index contributed by atoms with van der Waals surface area (Å²) in [5.74, 6) is 3.69. The molecule has 11 nitrogen and oxygen atoms in total. The van der Waals surface area contributed by atoms with E-state index in [0.29, 0.717) is 0 Å². The summed E-state index contributed by atoms with van der Waals surface area (Å²) in [4.78, 5) is 32.7. The largest absolute Gasteiger partial charge is 0.365 e. The van der Waals surface area contributed by atoms with E-state index in [1.165, 1.54) is 19.2 Å². The van der Waals surface area contributed by atoms with Crippen molar-refractivity contribution in [3.8, 4) is 0 Å². The zero-order valence-corrected chi connectivity index (χ0v) is 20.9. The third-order valence-corrected chi connectivity index (χ3v) is 6.46. The number of primary amides is 1. The van der Waals surface area contributed by atoms with Crippen molar-refractivity contribution in [1.82, 2.24) is 9.97 Å². The van der Waals surface area contributed by atoms with Crippen LogP contribution in [-0.2, 0) is 10.0 Å². The highest BCUT2D eigenvalue weighted by Crippen LogP contribution is 2.31. The molecule has 190 valence electrons. The maximum absolute atomic E-state index is 14.6. The first-order chi connectivity index (χ1) is 16.8. The van der Waals surface area contributed by atoms with E-state index in [1.54, 1.807) is 38.1 Å². The van der Waals surface area contributed by atoms with Gasteiger partial charge >= 0.3 is 0 Å². The highest BCUT2D eigenvalue weighted by atomic mass is 32.2. The lowest BCUT2D eigenvalue weighted by atomic mass is 10.0. The van der Waals surface area contributed by atoms with Gasteiger partial charge in [0.2, 0.25) is 16.0 Å². The first-order valence-electron chi connectivity index (χ1n) is 10.7. The Hall–Kier alpha value is -4.10. The van der Waals surface area contributed by atoms with Gasteiger partial charge in [0.1, 0.15) is 17.2 Å². The predicted octanol–water partition coefficient (Wildman–Crippen LogP) is 2.70. The predicted molar refractivity (Wildman–Crippen MR) is 135 cm³/mol. The van der Waals surface area contributed by atoms with Gasteiger partial charge in [-0.2, -0.15) is 4.98 Å². The summed E-state index contributed by atoms with van der Waals surface area (Å²) in [6.45, 7) is 3.43. The molecule has 36 heavy (non-hydrogen) atoms. The van der Waals surface area contributed by atoms with E-state index in [2.05, 4.69) is 15.3 Å². The Kier molecular flexibility index (Phi) is 7.55. The summed E-state index contributed by atoms with van der Waals surface area (Å²) < 4.78 is 39.8. The van der Waals surface area contributed by atoms with Gasteiger partial charge in [-0.1, -0.05) is 26.0 Å². The number of carbonyl (C=O) groups excluding carboxylic acids is 2. The number of hydrogen-bond donors (Lipinski definition) is 3. The molecular formula is C23H26FN7O4S. The summed E-state index contributed by atoms with van der Waals surface area (Å²) >= 11 is 0. The van der Waals surface area contributed by atoms with E-state index in [9.17, 15) is 22.4 Å². The first-order valence-corrected chi connectivity index (χ1v) is 12.5. The topological polar surface area (TPSA) is 165 Å². The normalized spacial score (nSPS) is 11.3. The molecule has 0 bridgehead atoms. The molecule has 0 saturated carbocycles. The minimum atomic E-state index is -3.61. The molecule has 0 fully saturated rings. The monoisotopic (exact) mass is 515 g/mol. The van der Waals surface area contributed by atoms with Gasteiger partial charge in [-0.25, -0.2) is 28.6 Å². The number of para-hydroxylation sites is 2. The van der Waals surface area contributed by atoms with Crippen LogP contribution in [0, 0.1) is 11.7 Å². The van der Waals surface area contributed by atoms with Crippen LogP contribution in [0.1, 0.15) is 34.6 Å². The second kappa shape index (κ2) is 10.3. The van der Waals surface area contributed by atoms with Gasteiger partial charge < -0.3 is 11.1 Å². The fourth-order valence-corrected chi connectivity index (χ4v) is 3.73. The summed E-state index contributed by atoms with van der Waals surface area (Å²) in [5.41, 5.74) is 5.99. The Morgan fingerprint density at radius 2 is 1.78 bits per heavy atom. The van der Waals surface area contributed by atoms with E-state index < -0.39 is 21.7 Å². The number of hydrogen-bond acceptors (Lipinski definition) is 9. The lowest BCUT2D eigenvalue weighted by Crippen LogP contribution is -2.29. The second-order valence-electron chi connectivity index (χ2n) is 8.22. The number of aromatic nitrogens is 2. The van der Waals surface area contributed by atoms with Crippen LogP contribution in [0.5, 0.6) is 0 Å². The average molecular weight is 516 g/mol. The van der Waals surface area contributed by atoms with E-state index in [0.717, 1.165) is 27.8 Å². The fourth-order valence-electron chi connectivity index (χ4n) is 3.22. The summed E-state index contributed by atoms with van der Waals surface area (Å²) in [6.07, 6.45) is 2.15. The molecule has 0 radical (unpaired) electrons. The molecule has 1 aromatic heterocycles. The number of rotatable bonds is 9. The number of Topliss-reactive ketones (excluding diaryl/α,β-unsaturated/α-hetero) is 1. The zero-order chi connectivity index (χ0) is 26.8. The molecule has 2 aromatic carbocycles. The molecule has 0 aliphatic carbocycles. The van der Waals surface area contributed by atoms with Gasteiger partial charge in [-0.15, -0.1) is 0 Å². The van der Waals surface area contributed by atoms with Crippen LogP contribution < -0.4 is 26.2 Å². The highest BCUT2D eigenvalue weighted by Gasteiger charge is 2.22. The van der Waals surface area contributed by atoms with Gasteiger partial charge in [-0.3, -0.25) is 13.9 Å². The third-order valence-electron chi connectivity index (χ3n) is 5.27. The van der Waals surface area contributed by atoms with Crippen LogP contribution in [0.4, 0.5) is 33.2 Å². The van der Waals surface area contributed by atoms with Crippen molar-refractivity contribution in [3.05, 3.63) is 65.6 Å². The number of sulfonamides is 1. The number of carbonyl (C=O) groups is 2. The molecule has 0 aliphatic heterocycles. The molecule has 3 aromatic rings. The van der Waals surface area contributed by atoms with Crippen molar-refractivity contribution < 1.29 is 22.4 Å². The smallest absolute Gasteiger partial charge is 0.254 e. The van der Waals surface area contributed by atoms with E-state index in [-0.39, 0.29) is 51.7 Å². The van der Waals surface area contributed by atoms with Crippen molar-refractivity contribution in [3.63, 3.8) is 0 Å². The standard InChI is InChI=1S/C23H26FN7O4S/c1-13(2)20(32)14-9-10-16(24)19(11-14)31(26)23-27-12-15(21(25)33)22(29-23)28-17-7-5-6-8-18(17)30(3)36(4,34)35/h5-13H,26H2,1-4H3,(H2,25,33)(H,27,28,29). The summed E-state index contributed by atoms with van der Waals surface area (Å²) in [5, 5.41) is 3.72. The Morgan fingerprint density at radius 3 is 2.39 bits per heavy atom. The quantitative estimate of drug-likeness (QED) is 0.221. The first kappa shape index (κ1) is 26.5. The number of ketones is 1. The molecule has 13 heteroatoms. The number of anilines is 5. The van der Waals surface area contributed by atoms with Gasteiger partial charge in [0.25, 0.3) is 5.91 Å². The highest BCUT2D eigenvalue weighted by molar-refractivity contribution is 7.92. The Morgan fingerprint density at radius 1 is 1.11 bits per heavy atom. The van der Waals surface area contributed by atoms with Crippen LogP contribution in [0.3, 0.4) is 0 Å². The molecule has 1 heterocycles. The van der Waals surface area contributed by atoms with Crippen LogP contribution in [0.15, 0.2) is 48.7 Å². The van der Waals surface area contributed by atoms with Gasteiger partial charge in [0, 0.05) is 24.7 Å². The minimum absolute atomic E-state index is 0.0906. The van der Waals surface area contributed by atoms with E-state index in [1.807, 2.05) is 0 Å². The number of nitrogens with zero attached hydrogens (tertiary/aromatic N) is 4. The van der Waals surface area contributed by atoms with E-state index in [4.69, 9.17) is 11.6 Å². The van der Waals surface area contributed by atoms with Crippen LogP contribution >= 0.6 is 0 Å². The van der Waals surface area contributed by atoms with Crippen LogP contribution in [0.2, 0.25) is 0 Å². The molecule has 0 spiro atoms. The number of nitrogens with two attached hydrogens (primary N) is 2. The van der Waals surface area contributed by atoms with Crippen LogP contribution in [-0.4, -0.2) is 43.4 Å². The molecule has 5 N–H and O–H groups in total. The summed E-state index contributed by atoms with van der Waals surface area (Å²) in [6, 6.07) is 10.2. The van der Waals surface area contributed by atoms with Gasteiger partial charge in [0.15, 0.2) is 5.78 Å². The molecule has 1 amide bonds. The second-order valence-corrected chi connectivity index (χ2v) is 10.2.